The molecular formula is C16H11BrN2O2. The van der Waals surface area contributed by atoms with E-state index in [0.29, 0.717) is 16.8 Å². The highest BCUT2D eigenvalue weighted by Crippen LogP contribution is 2.33. The Balaban J connectivity index is 1.81. The summed E-state index contributed by atoms with van der Waals surface area (Å²) >= 11 is 3.34. The Morgan fingerprint density at radius 3 is 2.67 bits per heavy atom. The van der Waals surface area contributed by atoms with Crippen LogP contribution in [0.2, 0.25) is 0 Å². The molecule has 0 spiro atoms. The minimum atomic E-state index is -0.262. The third kappa shape index (κ3) is 1.81. The molecule has 2 aliphatic rings. The quantitative estimate of drug-likeness (QED) is 0.809. The first-order valence-electron chi connectivity index (χ1n) is 6.70. The Kier molecular flexibility index (Phi) is 2.65. The summed E-state index contributed by atoms with van der Waals surface area (Å²) in [5.41, 5.74) is 3.78. The van der Waals surface area contributed by atoms with Gasteiger partial charge in [0.1, 0.15) is 0 Å². The molecule has 0 radical (unpaired) electrons. The Labute approximate surface area is 129 Å². The van der Waals surface area contributed by atoms with E-state index in [1.165, 1.54) is 4.90 Å². The van der Waals surface area contributed by atoms with Crippen molar-refractivity contribution in [1.29, 1.82) is 0 Å². The largest absolute Gasteiger partial charge is 0.384 e. The van der Waals surface area contributed by atoms with Crippen molar-refractivity contribution in [2.75, 3.05) is 16.8 Å². The zero-order chi connectivity index (χ0) is 14.6. The van der Waals surface area contributed by atoms with Crippen molar-refractivity contribution < 1.29 is 9.59 Å². The number of halogens is 1. The van der Waals surface area contributed by atoms with E-state index in [1.54, 1.807) is 18.2 Å². The van der Waals surface area contributed by atoms with Crippen LogP contribution >= 0.6 is 15.9 Å². The molecule has 2 aromatic carbocycles. The van der Waals surface area contributed by atoms with Gasteiger partial charge in [-0.05, 0) is 48.4 Å². The topological polar surface area (TPSA) is 49.4 Å². The number of fused-ring (bicyclic) bond motifs is 2. The number of nitrogens with one attached hydrogen (secondary N) is 1. The molecular weight excluding hydrogens is 332 g/mol. The Morgan fingerprint density at radius 2 is 1.81 bits per heavy atom. The van der Waals surface area contributed by atoms with E-state index in [4.69, 9.17) is 0 Å². The van der Waals surface area contributed by atoms with E-state index in [0.717, 1.165) is 28.7 Å². The van der Waals surface area contributed by atoms with Crippen molar-refractivity contribution in [2.45, 2.75) is 6.42 Å². The summed E-state index contributed by atoms with van der Waals surface area (Å²) in [6, 6.07) is 10.8. The molecule has 2 heterocycles. The molecule has 104 valence electrons. The number of hydrogen-bond acceptors (Lipinski definition) is 3. The molecule has 0 saturated heterocycles. The van der Waals surface area contributed by atoms with Crippen molar-refractivity contribution in [3.05, 3.63) is 57.6 Å². The maximum absolute atomic E-state index is 12.5. The normalized spacial score (nSPS) is 16.0. The van der Waals surface area contributed by atoms with Crippen LogP contribution in [-0.2, 0) is 6.42 Å². The molecule has 2 aromatic rings. The standard InChI is InChI=1S/C16H11BrN2O2/c17-10-1-3-12-13(8-10)16(21)19(15(12)20)11-2-4-14-9(7-11)5-6-18-14/h1-4,7-8,18H,5-6H2. The summed E-state index contributed by atoms with van der Waals surface area (Å²) in [6.07, 6.45) is 0.915. The lowest BCUT2D eigenvalue weighted by atomic mass is 10.1. The van der Waals surface area contributed by atoms with Crippen molar-refractivity contribution in [3.63, 3.8) is 0 Å². The molecule has 4 nitrogen and oxygen atoms in total. The fraction of sp³-hybridized carbons (Fsp3) is 0.125. The second kappa shape index (κ2) is 4.43. The van der Waals surface area contributed by atoms with Crippen LogP contribution in [-0.4, -0.2) is 18.4 Å². The monoisotopic (exact) mass is 342 g/mol. The molecule has 0 unspecified atom stereocenters. The molecule has 2 aliphatic heterocycles. The fourth-order valence-corrected chi connectivity index (χ4v) is 3.24. The van der Waals surface area contributed by atoms with E-state index >= 15 is 0 Å². The minimum absolute atomic E-state index is 0.256. The predicted octanol–water partition coefficient (Wildman–Crippen LogP) is 3.22. The lowest BCUT2D eigenvalue weighted by Crippen LogP contribution is -2.29. The highest BCUT2D eigenvalue weighted by Gasteiger charge is 2.37. The van der Waals surface area contributed by atoms with Crippen LogP contribution in [0, 0.1) is 0 Å². The summed E-state index contributed by atoms with van der Waals surface area (Å²) in [6.45, 7) is 0.897. The van der Waals surface area contributed by atoms with Gasteiger partial charge in [-0.15, -0.1) is 0 Å². The van der Waals surface area contributed by atoms with Crippen molar-refractivity contribution in [2.24, 2.45) is 0 Å². The molecule has 1 N–H and O–H groups in total. The molecule has 0 atom stereocenters. The van der Waals surface area contributed by atoms with Gasteiger partial charge in [-0.2, -0.15) is 0 Å². The second-order valence-corrected chi connectivity index (χ2v) is 6.07. The van der Waals surface area contributed by atoms with Gasteiger partial charge < -0.3 is 5.32 Å². The van der Waals surface area contributed by atoms with Crippen LogP contribution in [0.4, 0.5) is 11.4 Å². The van der Waals surface area contributed by atoms with E-state index in [-0.39, 0.29) is 11.8 Å². The maximum Gasteiger partial charge on any atom is 0.266 e. The van der Waals surface area contributed by atoms with Gasteiger partial charge in [-0.25, -0.2) is 4.90 Å². The summed E-state index contributed by atoms with van der Waals surface area (Å²) in [4.78, 5) is 26.3. The van der Waals surface area contributed by atoms with E-state index < -0.39 is 0 Å². The highest BCUT2D eigenvalue weighted by molar-refractivity contribution is 9.10. The third-order valence-corrected chi connectivity index (χ3v) is 4.40. The van der Waals surface area contributed by atoms with Crippen LogP contribution in [0.15, 0.2) is 40.9 Å². The molecule has 0 aliphatic carbocycles. The molecule has 5 heteroatoms. The van der Waals surface area contributed by atoms with Crippen molar-refractivity contribution in [1.82, 2.24) is 0 Å². The number of hydrogen-bond donors (Lipinski definition) is 1. The minimum Gasteiger partial charge on any atom is -0.384 e. The van der Waals surface area contributed by atoms with Gasteiger partial charge in [0, 0.05) is 16.7 Å². The molecule has 0 aromatic heterocycles. The van der Waals surface area contributed by atoms with Crippen LogP contribution in [0.5, 0.6) is 0 Å². The Morgan fingerprint density at radius 1 is 1.00 bits per heavy atom. The summed E-state index contributed by atoms with van der Waals surface area (Å²) in [5, 5.41) is 3.27. The first-order chi connectivity index (χ1) is 10.1. The van der Waals surface area contributed by atoms with E-state index in [1.807, 2.05) is 18.2 Å². The SMILES string of the molecule is O=C1c2ccc(Br)cc2C(=O)N1c1ccc2c(c1)CCN2. The average molecular weight is 343 g/mol. The van der Waals surface area contributed by atoms with Crippen molar-refractivity contribution in [3.8, 4) is 0 Å². The van der Waals surface area contributed by atoms with Crippen LogP contribution in [0.1, 0.15) is 26.3 Å². The van der Waals surface area contributed by atoms with Gasteiger partial charge in [-0.3, -0.25) is 9.59 Å². The average Bonchev–Trinajstić information content (AvgIpc) is 3.02. The van der Waals surface area contributed by atoms with E-state index in [2.05, 4.69) is 21.2 Å². The summed E-state index contributed by atoms with van der Waals surface area (Å²) < 4.78 is 0.794. The van der Waals surface area contributed by atoms with Gasteiger partial charge in [-0.1, -0.05) is 15.9 Å². The van der Waals surface area contributed by atoms with Gasteiger partial charge >= 0.3 is 0 Å². The molecule has 0 fully saturated rings. The molecule has 0 bridgehead atoms. The highest BCUT2D eigenvalue weighted by atomic mass is 79.9. The number of rotatable bonds is 1. The fourth-order valence-electron chi connectivity index (χ4n) is 2.88. The number of nitrogens with zero attached hydrogens (tertiary/aromatic N) is 1. The van der Waals surface area contributed by atoms with Crippen LogP contribution in [0.25, 0.3) is 0 Å². The molecule has 21 heavy (non-hydrogen) atoms. The number of amides is 2. The number of anilines is 2. The van der Waals surface area contributed by atoms with Gasteiger partial charge in [0.05, 0.1) is 16.8 Å². The zero-order valence-electron chi connectivity index (χ0n) is 11.0. The lowest BCUT2D eigenvalue weighted by Gasteiger charge is -2.15. The van der Waals surface area contributed by atoms with Gasteiger partial charge in [0.25, 0.3) is 11.8 Å². The number of imide groups is 1. The number of benzene rings is 2. The number of carbonyl (C=O) groups is 2. The van der Waals surface area contributed by atoms with Gasteiger partial charge in [0.15, 0.2) is 0 Å². The van der Waals surface area contributed by atoms with Gasteiger partial charge in [0.2, 0.25) is 0 Å². The lowest BCUT2D eigenvalue weighted by molar-refractivity contribution is 0.0926. The summed E-state index contributed by atoms with van der Waals surface area (Å²) in [7, 11) is 0. The zero-order valence-corrected chi connectivity index (χ0v) is 12.6. The van der Waals surface area contributed by atoms with E-state index in [9.17, 15) is 9.59 Å². The van der Waals surface area contributed by atoms with Crippen LogP contribution in [0.3, 0.4) is 0 Å². The maximum atomic E-state index is 12.5. The number of carbonyl (C=O) groups excluding carboxylic acids is 2. The van der Waals surface area contributed by atoms with Crippen molar-refractivity contribution >= 4 is 39.1 Å². The first kappa shape index (κ1) is 12.6. The summed E-state index contributed by atoms with van der Waals surface area (Å²) in [5.74, 6) is -0.518. The Bertz CT molecular complexity index is 801. The predicted molar refractivity (Wildman–Crippen MR) is 83.9 cm³/mol. The Hall–Kier alpha value is -2.14. The molecule has 2 amide bonds. The smallest absolute Gasteiger partial charge is 0.266 e. The second-order valence-electron chi connectivity index (χ2n) is 5.15. The first-order valence-corrected chi connectivity index (χ1v) is 7.49. The molecule has 4 rings (SSSR count). The van der Waals surface area contributed by atoms with Crippen LogP contribution < -0.4 is 10.2 Å². The third-order valence-electron chi connectivity index (χ3n) is 3.91. The molecule has 0 saturated carbocycles.